The molecular weight excluding hydrogens is 367 g/mol. The maximum absolute atomic E-state index is 12.7. The summed E-state index contributed by atoms with van der Waals surface area (Å²) in [7, 11) is -3.49. The highest BCUT2D eigenvalue weighted by atomic mass is 32.2. The predicted octanol–water partition coefficient (Wildman–Crippen LogP) is 3.39. The van der Waals surface area contributed by atoms with Crippen molar-refractivity contribution in [1.29, 1.82) is 0 Å². The van der Waals surface area contributed by atoms with Gasteiger partial charge in [-0.25, -0.2) is 0 Å². The fraction of sp³-hybridized carbons (Fsp3) is 0.143. The van der Waals surface area contributed by atoms with Gasteiger partial charge in [0.15, 0.2) is 0 Å². The second-order valence-corrected chi connectivity index (χ2v) is 6.17. The number of non-ortho nitro benzene ring substituents is 1. The normalized spacial score (nSPS) is 11.8. The Kier molecular flexibility index (Phi) is 4.88. The molecule has 0 atom stereocenters. The zero-order valence-electron chi connectivity index (χ0n) is 12.5. The van der Waals surface area contributed by atoms with E-state index in [9.17, 15) is 31.7 Å². The molecule has 0 unspecified atom stereocenters. The van der Waals surface area contributed by atoms with Gasteiger partial charge in [0.1, 0.15) is 16.4 Å². The van der Waals surface area contributed by atoms with Crippen molar-refractivity contribution >= 4 is 15.8 Å². The lowest BCUT2D eigenvalue weighted by molar-refractivity contribution is -0.385. The number of benzene rings is 2. The zero-order chi connectivity index (χ0) is 18.8. The molecule has 0 aromatic heterocycles. The molecule has 134 valence electrons. The Morgan fingerprint density at radius 2 is 1.80 bits per heavy atom. The summed E-state index contributed by atoms with van der Waals surface area (Å²) in [6.07, 6.45) is -4.67. The zero-order valence-corrected chi connectivity index (χ0v) is 13.3. The molecule has 0 spiro atoms. The van der Waals surface area contributed by atoms with Crippen molar-refractivity contribution in [1.82, 2.24) is 0 Å². The number of hydrogen-bond donors (Lipinski definition) is 0. The first-order valence-electron chi connectivity index (χ1n) is 6.49. The van der Waals surface area contributed by atoms with Crippen LogP contribution in [0.5, 0.6) is 11.5 Å². The molecule has 0 aliphatic heterocycles. The number of halogens is 3. The SMILES string of the molecule is COc1cc([N+](=O)[O-])ccc1S(=O)(=O)Oc1cccc(C(F)(F)F)c1. The van der Waals surface area contributed by atoms with Crippen LogP contribution in [0, 0.1) is 10.1 Å². The lowest BCUT2D eigenvalue weighted by Gasteiger charge is -2.12. The molecule has 11 heteroatoms. The first kappa shape index (κ1) is 18.5. The standard InChI is InChI=1S/C14H10F3NO6S/c1-23-12-8-10(18(19)20)5-6-13(12)25(21,22)24-11-4-2-3-9(7-11)14(15,16)17/h2-8H,1H3. The molecule has 0 aliphatic carbocycles. The Hall–Kier alpha value is -2.82. The summed E-state index contributed by atoms with van der Waals surface area (Å²) in [5.74, 6) is -0.934. The van der Waals surface area contributed by atoms with Crippen molar-refractivity contribution in [2.24, 2.45) is 0 Å². The molecular formula is C14H10F3NO6S. The maximum Gasteiger partial charge on any atom is 0.416 e. The van der Waals surface area contributed by atoms with Gasteiger partial charge in [-0.2, -0.15) is 21.6 Å². The van der Waals surface area contributed by atoms with Crippen molar-refractivity contribution in [3.8, 4) is 11.5 Å². The van der Waals surface area contributed by atoms with Gasteiger partial charge in [-0.1, -0.05) is 6.07 Å². The van der Waals surface area contributed by atoms with Crippen molar-refractivity contribution < 1.29 is 35.4 Å². The molecule has 0 aliphatic rings. The van der Waals surface area contributed by atoms with Gasteiger partial charge in [0.25, 0.3) is 5.69 Å². The number of nitrogens with zero attached hydrogens (tertiary/aromatic N) is 1. The number of hydrogen-bond acceptors (Lipinski definition) is 6. The van der Waals surface area contributed by atoms with Crippen molar-refractivity contribution in [2.75, 3.05) is 7.11 Å². The summed E-state index contributed by atoms with van der Waals surface area (Å²) in [5.41, 5.74) is -1.51. The summed E-state index contributed by atoms with van der Waals surface area (Å²) in [5, 5.41) is 10.7. The van der Waals surface area contributed by atoms with Gasteiger partial charge >= 0.3 is 16.3 Å². The topological polar surface area (TPSA) is 95.7 Å². The molecule has 2 rings (SSSR count). The van der Waals surface area contributed by atoms with Crippen molar-refractivity contribution in [3.63, 3.8) is 0 Å². The molecule has 0 heterocycles. The van der Waals surface area contributed by atoms with Gasteiger partial charge in [-0.3, -0.25) is 10.1 Å². The summed E-state index contributed by atoms with van der Waals surface area (Å²) in [6.45, 7) is 0. The Balaban J connectivity index is 2.42. The number of ether oxygens (including phenoxy) is 1. The molecule has 0 saturated carbocycles. The van der Waals surface area contributed by atoms with Gasteiger partial charge in [0.05, 0.1) is 23.7 Å². The van der Waals surface area contributed by atoms with E-state index in [-0.39, 0.29) is 5.75 Å². The second kappa shape index (κ2) is 6.59. The van der Waals surface area contributed by atoms with E-state index < -0.39 is 43.1 Å². The van der Waals surface area contributed by atoms with Crippen molar-refractivity contribution in [3.05, 3.63) is 58.1 Å². The quantitative estimate of drug-likeness (QED) is 0.450. The number of methoxy groups -OCH3 is 1. The van der Waals surface area contributed by atoms with Crippen molar-refractivity contribution in [2.45, 2.75) is 11.1 Å². The number of nitro benzene ring substituents is 1. The van der Waals surface area contributed by atoms with E-state index in [4.69, 9.17) is 4.74 Å². The largest absolute Gasteiger partial charge is 0.495 e. The lowest BCUT2D eigenvalue weighted by atomic mass is 10.2. The Morgan fingerprint density at radius 1 is 1.12 bits per heavy atom. The average Bonchev–Trinajstić information content (AvgIpc) is 2.53. The van der Waals surface area contributed by atoms with Crippen LogP contribution in [0.2, 0.25) is 0 Å². The van der Waals surface area contributed by atoms with Gasteiger partial charge in [-0.05, 0) is 24.3 Å². The number of rotatable bonds is 5. The van der Waals surface area contributed by atoms with E-state index >= 15 is 0 Å². The first-order chi connectivity index (χ1) is 11.5. The van der Waals surface area contributed by atoms with Crippen LogP contribution in [0.3, 0.4) is 0 Å². The second-order valence-electron chi connectivity index (χ2n) is 4.66. The molecule has 0 fully saturated rings. The minimum atomic E-state index is -4.67. The monoisotopic (exact) mass is 377 g/mol. The summed E-state index contributed by atoms with van der Waals surface area (Å²) in [4.78, 5) is 9.40. The summed E-state index contributed by atoms with van der Waals surface area (Å²) < 4.78 is 72.0. The smallest absolute Gasteiger partial charge is 0.416 e. The average molecular weight is 377 g/mol. The van der Waals surface area contributed by atoms with Crippen LogP contribution in [0.25, 0.3) is 0 Å². The minimum Gasteiger partial charge on any atom is -0.495 e. The highest BCUT2D eigenvalue weighted by Crippen LogP contribution is 2.34. The van der Waals surface area contributed by atoms with E-state index in [1.54, 1.807) is 0 Å². The van der Waals surface area contributed by atoms with Crippen LogP contribution in [0.4, 0.5) is 18.9 Å². The molecule has 0 N–H and O–H groups in total. The minimum absolute atomic E-state index is 0.374. The fourth-order valence-electron chi connectivity index (χ4n) is 1.87. The highest BCUT2D eigenvalue weighted by molar-refractivity contribution is 7.87. The van der Waals surface area contributed by atoms with E-state index in [0.717, 1.165) is 43.5 Å². The van der Waals surface area contributed by atoms with Crippen LogP contribution in [-0.2, 0) is 16.3 Å². The Labute approximate surface area is 139 Å². The fourth-order valence-corrected chi connectivity index (χ4v) is 2.94. The summed E-state index contributed by atoms with van der Waals surface area (Å²) in [6, 6.07) is 5.94. The van der Waals surface area contributed by atoms with E-state index in [0.29, 0.717) is 6.07 Å². The molecule has 2 aromatic carbocycles. The predicted molar refractivity (Wildman–Crippen MR) is 78.9 cm³/mol. The molecule has 2 aromatic rings. The van der Waals surface area contributed by atoms with E-state index in [1.807, 2.05) is 0 Å². The number of nitro groups is 1. The van der Waals surface area contributed by atoms with E-state index in [2.05, 4.69) is 4.18 Å². The van der Waals surface area contributed by atoms with Crippen LogP contribution < -0.4 is 8.92 Å². The van der Waals surface area contributed by atoms with Gasteiger partial charge in [0, 0.05) is 6.07 Å². The maximum atomic E-state index is 12.7. The molecule has 25 heavy (non-hydrogen) atoms. The third-order valence-corrected chi connectivity index (χ3v) is 4.28. The number of alkyl halides is 3. The van der Waals surface area contributed by atoms with E-state index in [1.165, 1.54) is 0 Å². The highest BCUT2D eigenvalue weighted by Gasteiger charge is 2.31. The van der Waals surface area contributed by atoms with Crippen LogP contribution >= 0.6 is 0 Å². The van der Waals surface area contributed by atoms with Gasteiger partial charge < -0.3 is 8.92 Å². The van der Waals surface area contributed by atoms with Gasteiger partial charge in [-0.15, -0.1) is 0 Å². The molecule has 0 amide bonds. The third kappa shape index (κ3) is 4.18. The molecule has 0 bridgehead atoms. The molecule has 0 saturated heterocycles. The first-order valence-corrected chi connectivity index (χ1v) is 7.89. The third-order valence-electron chi connectivity index (χ3n) is 2.99. The molecule has 0 radical (unpaired) electrons. The van der Waals surface area contributed by atoms with Crippen LogP contribution in [0.15, 0.2) is 47.4 Å². The Bertz CT molecular complexity index is 911. The summed E-state index contributed by atoms with van der Waals surface area (Å²) >= 11 is 0. The van der Waals surface area contributed by atoms with Crippen LogP contribution in [0.1, 0.15) is 5.56 Å². The van der Waals surface area contributed by atoms with Crippen LogP contribution in [-0.4, -0.2) is 20.5 Å². The molecule has 7 nitrogen and oxygen atoms in total. The van der Waals surface area contributed by atoms with Gasteiger partial charge in [0.2, 0.25) is 0 Å². The lowest BCUT2D eigenvalue weighted by Crippen LogP contribution is -2.12. The Morgan fingerprint density at radius 3 is 2.36 bits per heavy atom.